The zero-order valence-corrected chi connectivity index (χ0v) is 17.2. The highest BCUT2D eigenvalue weighted by Gasteiger charge is 2.18. The van der Waals surface area contributed by atoms with Crippen LogP contribution in [0.2, 0.25) is 0 Å². The number of benzene rings is 3. The van der Waals surface area contributed by atoms with E-state index in [4.69, 9.17) is 4.74 Å². The van der Waals surface area contributed by atoms with Crippen molar-refractivity contribution in [3.05, 3.63) is 83.4 Å². The van der Waals surface area contributed by atoms with E-state index in [1.807, 2.05) is 32.0 Å². The summed E-state index contributed by atoms with van der Waals surface area (Å²) in [5.74, 6) is 0.00413. The van der Waals surface area contributed by atoms with Gasteiger partial charge in [-0.15, -0.1) is 0 Å². The summed E-state index contributed by atoms with van der Waals surface area (Å²) in [5.41, 5.74) is 3.17. The van der Waals surface area contributed by atoms with E-state index in [0.29, 0.717) is 17.0 Å². The Labute approximate surface area is 170 Å². The van der Waals surface area contributed by atoms with E-state index < -0.39 is 10.0 Å². The lowest BCUT2D eigenvalue weighted by Crippen LogP contribution is -2.16. The number of methoxy groups -OCH3 is 1. The summed E-state index contributed by atoms with van der Waals surface area (Å²) in [6.45, 7) is 3.81. The van der Waals surface area contributed by atoms with Crippen LogP contribution in [0.4, 0.5) is 11.4 Å². The molecule has 7 heteroatoms. The number of amides is 1. The Morgan fingerprint density at radius 3 is 2.28 bits per heavy atom. The van der Waals surface area contributed by atoms with Crippen molar-refractivity contribution >= 4 is 27.3 Å². The van der Waals surface area contributed by atoms with Gasteiger partial charge in [-0.3, -0.25) is 9.52 Å². The van der Waals surface area contributed by atoms with Crippen molar-refractivity contribution in [3.8, 4) is 5.75 Å². The number of carbonyl (C=O) groups is 1. The second kappa shape index (κ2) is 8.36. The third-order valence-corrected chi connectivity index (χ3v) is 5.69. The van der Waals surface area contributed by atoms with Gasteiger partial charge in [-0.1, -0.05) is 29.8 Å². The Bertz CT molecular complexity index is 1140. The van der Waals surface area contributed by atoms with Crippen molar-refractivity contribution in [1.29, 1.82) is 0 Å². The van der Waals surface area contributed by atoms with Gasteiger partial charge in [0.15, 0.2) is 0 Å². The van der Waals surface area contributed by atoms with Gasteiger partial charge >= 0.3 is 0 Å². The molecule has 0 aliphatic rings. The Balaban J connectivity index is 1.89. The summed E-state index contributed by atoms with van der Waals surface area (Å²) >= 11 is 0. The number of carbonyl (C=O) groups excluding carboxylic acids is 1. The quantitative estimate of drug-likeness (QED) is 0.632. The molecule has 0 bridgehead atoms. The minimum absolute atomic E-state index is 0.0130. The fourth-order valence-electron chi connectivity index (χ4n) is 2.77. The average Bonchev–Trinajstić information content (AvgIpc) is 2.68. The zero-order chi connectivity index (χ0) is 21.0. The largest absolute Gasteiger partial charge is 0.495 e. The topological polar surface area (TPSA) is 84.5 Å². The fraction of sp³-hybridized carbons (Fsp3) is 0.136. The summed E-state index contributed by atoms with van der Waals surface area (Å²) in [6, 6.07) is 18.5. The Hall–Kier alpha value is -3.32. The highest BCUT2D eigenvalue weighted by atomic mass is 32.2. The van der Waals surface area contributed by atoms with E-state index in [1.165, 1.54) is 25.3 Å². The van der Waals surface area contributed by atoms with Gasteiger partial charge in [0, 0.05) is 11.3 Å². The lowest BCUT2D eigenvalue weighted by molar-refractivity contribution is 0.102. The maximum atomic E-state index is 12.8. The normalized spacial score (nSPS) is 11.0. The van der Waals surface area contributed by atoms with Crippen LogP contribution in [0, 0.1) is 13.8 Å². The number of hydrogen-bond donors (Lipinski definition) is 2. The van der Waals surface area contributed by atoms with Gasteiger partial charge in [0.05, 0.1) is 17.7 Å². The third-order valence-electron chi connectivity index (χ3n) is 4.31. The minimum atomic E-state index is -3.84. The van der Waals surface area contributed by atoms with Gasteiger partial charge in [-0.2, -0.15) is 0 Å². The standard InChI is InChI=1S/C22H22N2O4S/c1-15-7-9-17(10-8-15)22(25)23-20-14-19(11-12-21(20)28-3)29(26,27)24-18-6-4-5-16(2)13-18/h4-14,24H,1-3H3,(H,23,25). The predicted octanol–water partition coefficient (Wildman–Crippen LogP) is 4.37. The molecule has 6 nitrogen and oxygen atoms in total. The highest BCUT2D eigenvalue weighted by molar-refractivity contribution is 7.92. The lowest BCUT2D eigenvalue weighted by atomic mass is 10.1. The molecule has 0 radical (unpaired) electrons. The highest BCUT2D eigenvalue weighted by Crippen LogP contribution is 2.29. The molecular weight excluding hydrogens is 388 g/mol. The van der Waals surface area contributed by atoms with Crippen molar-refractivity contribution in [1.82, 2.24) is 0 Å². The fourth-order valence-corrected chi connectivity index (χ4v) is 3.85. The van der Waals surface area contributed by atoms with Gasteiger partial charge in [0.1, 0.15) is 5.75 Å². The Morgan fingerprint density at radius 2 is 1.62 bits per heavy atom. The van der Waals surface area contributed by atoms with E-state index in [9.17, 15) is 13.2 Å². The molecule has 0 saturated heterocycles. The first-order valence-electron chi connectivity index (χ1n) is 8.94. The Kier molecular flexibility index (Phi) is 5.89. The number of ether oxygens (including phenoxy) is 1. The van der Waals surface area contributed by atoms with Crippen LogP contribution < -0.4 is 14.8 Å². The predicted molar refractivity (Wildman–Crippen MR) is 114 cm³/mol. The van der Waals surface area contributed by atoms with Crippen LogP contribution >= 0.6 is 0 Å². The molecule has 0 spiro atoms. The van der Waals surface area contributed by atoms with E-state index in [1.54, 1.807) is 30.3 Å². The minimum Gasteiger partial charge on any atom is -0.495 e. The molecular formula is C22H22N2O4S. The average molecular weight is 410 g/mol. The molecule has 29 heavy (non-hydrogen) atoms. The molecule has 0 saturated carbocycles. The molecule has 150 valence electrons. The van der Waals surface area contributed by atoms with Gasteiger partial charge < -0.3 is 10.1 Å². The van der Waals surface area contributed by atoms with Gasteiger partial charge in [-0.25, -0.2) is 8.42 Å². The summed E-state index contributed by atoms with van der Waals surface area (Å²) in [6.07, 6.45) is 0. The molecule has 0 atom stereocenters. The van der Waals surface area contributed by atoms with E-state index in [0.717, 1.165) is 11.1 Å². The second-order valence-corrected chi connectivity index (χ2v) is 8.34. The van der Waals surface area contributed by atoms with Crippen LogP contribution in [0.1, 0.15) is 21.5 Å². The number of sulfonamides is 1. The number of hydrogen-bond acceptors (Lipinski definition) is 4. The maximum Gasteiger partial charge on any atom is 0.261 e. The first kappa shape index (κ1) is 20.4. The van der Waals surface area contributed by atoms with Crippen molar-refractivity contribution < 1.29 is 17.9 Å². The molecule has 2 N–H and O–H groups in total. The summed E-state index contributed by atoms with van der Waals surface area (Å²) in [7, 11) is -2.39. The molecule has 3 rings (SSSR count). The first-order chi connectivity index (χ1) is 13.8. The SMILES string of the molecule is COc1ccc(S(=O)(=O)Nc2cccc(C)c2)cc1NC(=O)c1ccc(C)cc1. The molecule has 1 amide bonds. The van der Waals surface area contributed by atoms with Gasteiger partial charge in [-0.05, 0) is 61.9 Å². The zero-order valence-electron chi connectivity index (χ0n) is 16.4. The summed E-state index contributed by atoms with van der Waals surface area (Å²) < 4.78 is 33.4. The van der Waals surface area contributed by atoms with Crippen LogP contribution in [-0.2, 0) is 10.0 Å². The second-order valence-electron chi connectivity index (χ2n) is 6.66. The smallest absolute Gasteiger partial charge is 0.261 e. The Morgan fingerprint density at radius 1 is 0.897 bits per heavy atom. The monoisotopic (exact) mass is 410 g/mol. The molecule has 0 heterocycles. The number of aryl methyl sites for hydroxylation is 2. The summed E-state index contributed by atoms with van der Waals surface area (Å²) in [5, 5.41) is 2.73. The number of nitrogens with one attached hydrogen (secondary N) is 2. The van der Waals surface area contributed by atoms with Crippen molar-refractivity contribution in [3.63, 3.8) is 0 Å². The summed E-state index contributed by atoms with van der Waals surface area (Å²) in [4.78, 5) is 12.6. The maximum absolute atomic E-state index is 12.8. The molecule has 0 fully saturated rings. The van der Waals surface area contributed by atoms with Crippen molar-refractivity contribution in [2.75, 3.05) is 17.1 Å². The molecule has 3 aromatic carbocycles. The molecule has 3 aromatic rings. The van der Waals surface area contributed by atoms with E-state index in [2.05, 4.69) is 10.0 Å². The number of rotatable bonds is 6. The molecule has 0 aliphatic heterocycles. The van der Waals surface area contributed by atoms with Crippen molar-refractivity contribution in [2.24, 2.45) is 0 Å². The van der Waals surface area contributed by atoms with Gasteiger partial charge in [0.25, 0.3) is 15.9 Å². The van der Waals surface area contributed by atoms with Crippen LogP contribution in [0.15, 0.2) is 71.6 Å². The van der Waals surface area contributed by atoms with E-state index in [-0.39, 0.29) is 16.5 Å². The molecule has 0 aliphatic carbocycles. The van der Waals surface area contributed by atoms with Crippen LogP contribution in [0.5, 0.6) is 5.75 Å². The van der Waals surface area contributed by atoms with E-state index >= 15 is 0 Å². The first-order valence-corrected chi connectivity index (χ1v) is 10.4. The molecule has 0 unspecified atom stereocenters. The van der Waals surface area contributed by atoms with Gasteiger partial charge in [0.2, 0.25) is 0 Å². The van der Waals surface area contributed by atoms with Crippen LogP contribution in [0.25, 0.3) is 0 Å². The lowest BCUT2D eigenvalue weighted by Gasteiger charge is -2.14. The van der Waals surface area contributed by atoms with Crippen LogP contribution in [0.3, 0.4) is 0 Å². The van der Waals surface area contributed by atoms with Crippen LogP contribution in [-0.4, -0.2) is 21.4 Å². The third kappa shape index (κ3) is 4.94. The van der Waals surface area contributed by atoms with Crippen molar-refractivity contribution in [2.45, 2.75) is 18.7 Å². The number of anilines is 2. The molecule has 0 aromatic heterocycles.